The Balaban J connectivity index is 2.02. The third-order valence-electron chi connectivity index (χ3n) is 3.10. The van der Waals surface area contributed by atoms with Crippen LogP contribution in [0.1, 0.15) is 5.56 Å². The second kappa shape index (κ2) is 6.06. The van der Waals surface area contributed by atoms with Crippen LogP contribution in [0.25, 0.3) is 11.1 Å². The van der Waals surface area contributed by atoms with Gasteiger partial charge < -0.3 is 4.74 Å². The smallest absolute Gasteiger partial charge is 0.145 e. The van der Waals surface area contributed by atoms with Gasteiger partial charge in [-0.05, 0) is 41.5 Å². The molecule has 22 heavy (non-hydrogen) atoms. The number of aromatic nitrogens is 1. The maximum absolute atomic E-state index is 13.9. The summed E-state index contributed by atoms with van der Waals surface area (Å²) >= 11 is 0. The van der Waals surface area contributed by atoms with Crippen molar-refractivity contribution in [1.29, 1.82) is 5.26 Å². The minimum atomic E-state index is -0.427. The summed E-state index contributed by atoms with van der Waals surface area (Å²) in [6.07, 6.45) is 3.18. The number of hydrogen-bond donors (Lipinski definition) is 0. The van der Waals surface area contributed by atoms with Gasteiger partial charge in [0.15, 0.2) is 0 Å². The topological polar surface area (TPSA) is 45.9 Å². The summed E-state index contributed by atoms with van der Waals surface area (Å²) in [7, 11) is 0. The zero-order valence-electron chi connectivity index (χ0n) is 11.5. The average Bonchev–Trinajstić information content (AvgIpc) is 2.55. The predicted molar refractivity (Wildman–Crippen MR) is 80.9 cm³/mol. The van der Waals surface area contributed by atoms with Crippen LogP contribution in [0.4, 0.5) is 4.39 Å². The highest BCUT2D eigenvalue weighted by atomic mass is 19.1. The van der Waals surface area contributed by atoms with Gasteiger partial charge in [0.2, 0.25) is 0 Å². The molecule has 0 saturated heterocycles. The van der Waals surface area contributed by atoms with Crippen molar-refractivity contribution in [3.8, 4) is 28.7 Å². The molecule has 0 saturated carbocycles. The first-order chi connectivity index (χ1) is 10.8. The fraction of sp³-hybridized carbons (Fsp3) is 0. The van der Waals surface area contributed by atoms with Crippen LogP contribution in [0.15, 0.2) is 67.0 Å². The van der Waals surface area contributed by atoms with Crippen LogP contribution in [0, 0.1) is 17.1 Å². The first kappa shape index (κ1) is 13.8. The second-order valence-corrected chi connectivity index (χ2v) is 4.62. The summed E-state index contributed by atoms with van der Waals surface area (Å²) in [5.74, 6) is 0.451. The van der Waals surface area contributed by atoms with Crippen molar-refractivity contribution in [3.63, 3.8) is 0 Å². The molecule has 0 aliphatic heterocycles. The van der Waals surface area contributed by atoms with Crippen molar-refractivity contribution < 1.29 is 9.13 Å². The van der Waals surface area contributed by atoms with Crippen LogP contribution in [-0.2, 0) is 0 Å². The van der Waals surface area contributed by atoms with Gasteiger partial charge in [0, 0.05) is 12.3 Å². The molecular weight excluding hydrogens is 279 g/mol. The lowest BCUT2D eigenvalue weighted by Gasteiger charge is -2.09. The van der Waals surface area contributed by atoms with Crippen LogP contribution in [0.5, 0.6) is 11.5 Å². The number of benzene rings is 2. The fourth-order valence-electron chi connectivity index (χ4n) is 2.15. The van der Waals surface area contributed by atoms with Crippen LogP contribution in [0.3, 0.4) is 0 Å². The molecule has 0 amide bonds. The first-order valence-electron chi connectivity index (χ1n) is 6.64. The molecule has 1 aromatic heterocycles. The van der Waals surface area contributed by atoms with E-state index in [1.165, 1.54) is 12.1 Å². The summed E-state index contributed by atoms with van der Waals surface area (Å²) in [6, 6.07) is 17.0. The largest absolute Gasteiger partial charge is 0.456 e. The summed E-state index contributed by atoms with van der Waals surface area (Å²) in [5, 5.41) is 9.17. The molecule has 0 N–H and O–H groups in total. The lowest BCUT2D eigenvalue weighted by Crippen LogP contribution is -1.90. The highest BCUT2D eigenvalue weighted by Crippen LogP contribution is 2.30. The molecule has 0 radical (unpaired) electrons. The third kappa shape index (κ3) is 2.94. The zero-order valence-corrected chi connectivity index (χ0v) is 11.5. The molecule has 0 aliphatic carbocycles. The summed E-state index contributed by atoms with van der Waals surface area (Å²) in [6.45, 7) is 0. The van der Waals surface area contributed by atoms with E-state index < -0.39 is 5.82 Å². The average molecular weight is 290 g/mol. The quantitative estimate of drug-likeness (QED) is 0.710. The Morgan fingerprint density at radius 1 is 1.00 bits per heavy atom. The second-order valence-electron chi connectivity index (χ2n) is 4.62. The summed E-state index contributed by atoms with van der Waals surface area (Å²) in [4.78, 5) is 3.95. The lowest BCUT2D eigenvalue weighted by molar-refractivity contribution is 0.475. The maximum atomic E-state index is 13.9. The van der Waals surface area contributed by atoms with Crippen LogP contribution < -0.4 is 4.74 Å². The van der Waals surface area contributed by atoms with Gasteiger partial charge in [0.05, 0.1) is 17.8 Å². The molecule has 1 heterocycles. The van der Waals surface area contributed by atoms with Gasteiger partial charge in [0.25, 0.3) is 0 Å². The number of nitriles is 1. The van der Waals surface area contributed by atoms with Gasteiger partial charge >= 0.3 is 0 Å². The summed E-state index contributed by atoms with van der Waals surface area (Å²) in [5.41, 5.74) is 1.75. The van der Waals surface area contributed by atoms with Gasteiger partial charge in [0.1, 0.15) is 17.3 Å². The standard InChI is InChI=1S/C18H11FN2O/c19-15-8-14(18-6-2-1-4-13(18)11-20)9-17(10-15)22-16-5-3-7-21-12-16/h1-10,12H. The maximum Gasteiger partial charge on any atom is 0.145 e. The molecule has 0 unspecified atom stereocenters. The number of hydrogen-bond acceptors (Lipinski definition) is 3. The van der Waals surface area contributed by atoms with Gasteiger partial charge in [-0.3, -0.25) is 4.98 Å². The van der Waals surface area contributed by atoms with E-state index in [1.54, 1.807) is 48.8 Å². The van der Waals surface area contributed by atoms with Crippen molar-refractivity contribution in [2.45, 2.75) is 0 Å². The molecular formula is C18H11FN2O. The molecule has 106 valence electrons. The van der Waals surface area contributed by atoms with E-state index in [0.29, 0.717) is 28.2 Å². The minimum Gasteiger partial charge on any atom is -0.456 e. The molecule has 0 fully saturated rings. The van der Waals surface area contributed by atoms with E-state index in [2.05, 4.69) is 11.1 Å². The van der Waals surface area contributed by atoms with Gasteiger partial charge in [-0.1, -0.05) is 18.2 Å². The minimum absolute atomic E-state index is 0.357. The highest BCUT2D eigenvalue weighted by molar-refractivity contribution is 5.71. The van der Waals surface area contributed by atoms with Gasteiger partial charge in [-0.25, -0.2) is 4.39 Å². The molecule has 0 spiro atoms. The predicted octanol–water partition coefficient (Wildman–Crippen LogP) is 4.55. The Bertz CT molecular complexity index is 841. The molecule has 3 aromatic rings. The fourth-order valence-corrected chi connectivity index (χ4v) is 2.15. The van der Waals surface area contributed by atoms with E-state index in [1.807, 2.05) is 6.07 Å². The Hall–Kier alpha value is -3.19. The van der Waals surface area contributed by atoms with Crippen molar-refractivity contribution in [2.24, 2.45) is 0 Å². The molecule has 4 heteroatoms. The Morgan fingerprint density at radius 2 is 1.86 bits per heavy atom. The highest BCUT2D eigenvalue weighted by Gasteiger charge is 2.08. The summed E-state index contributed by atoms with van der Waals surface area (Å²) < 4.78 is 19.5. The number of rotatable bonds is 3. The number of ether oxygens (including phenoxy) is 1. The van der Waals surface area contributed by atoms with Crippen LogP contribution in [0.2, 0.25) is 0 Å². The molecule has 0 bridgehead atoms. The number of pyridine rings is 1. The van der Waals surface area contributed by atoms with E-state index in [9.17, 15) is 9.65 Å². The normalized spacial score (nSPS) is 10.0. The zero-order chi connectivity index (χ0) is 15.4. The Morgan fingerprint density at radius 3 is 2.64 bits per heavy atom. The van der Waals surface area contributed by atoms with Crippen LogP contribution >= 0.6 is 0 Å². The lowest BCUT2D eigenvalue weighted by atomic mass is 10.00. The molecule has 3 nitrogen and oxygen atoms in total. The van der Waals surface area contributed by atoms with Crippen molar-refractivity contribution in [1.82, 2.24) is 4.98 Å². The van der Waals surface area contributed by atoms with Gasteiger partial charge in [-0.15, -0.1) is 0 Å². The van der Waals surface area contributed by atoms with E-state index in [4.69, 9.17) is 4.74 Å². The Labute approximate surface area is 127 Å². The SMILES string of the molecule is N#Cc1ccccc1-c1cc(F)cc(Oc2cccnc2)c1. The van der Waals surface area contributed by atoms with E-state index >= 15 is 0 Å². The van der Waals surface area contributed by atoms with Crippen LogP contribution in [-0.4, -0.2) is 4.98 Å². The Kier molecular flexibility index (Phi) is 3.80. The van der Waals surface area contributed by atoms with Crippen molar-refractivity contribution in [2.75, 3.05) is 0 Å². The number of halogens is 1. The first-order valence-corrected chi connectivity index (χ1v) is 6.64. The third-order valence-corrected chi connectivity index (χ3v) is 3.10. The van der Waals surface area contributed by atoms with Crippen molar-refractivity contribution >= 4 is 0 Å². The van der Waals surface area contributed by atoms with Crippen molar-refractivity contribution in [3.05, 3.63) is 78.4 Å². The molecule has 3 rings (SSSR count). The van der Waals surface area contributed by atoms with E-state index in [-0.39, 0.29) is 0 Å². The van der Waals surface area contributed by atoms with E-state index in [0.717, 1.165) is 0 Å². The molecule has 2 aromatic carbocycles. The molecule has 0 aliphatic rings. The number of nitrogens with zero attached hydrogens (tertiary/aromatic N) is 2. The molecule has 0 atom stereocenters. The van der Waals surface area contributed by atoms with Gasteiger partial charge in [-0.2, -0.15) is 5.26 Å². The monoisotopic (exact) mass is 290 g/mol.